The zero-order valence-electron chi connectivity index (χ0n) is 15.7. The Balaban J connectivity index is 1.86. The van der Waals surface area contributed by atoms with Crippen LogP contribution in [0.2, 0.25) is 5.02 Å². The number of aromatic nitrogens is 3. The van der Waals surface area contributed by atoms with Gasteiger partial charge in [-0.05, 0) is 37.5 Å². The normalized spacial score (nSPS) is 21.7. The number of hydrogen-bond acceptors (Lipinski definition) is 2. The zero-order chi connectivity index (χ0) is 21.8. The van der Waals surface area contributed by atoms with E-state index < -0.39 is 29.3 Å². The second-order valence-corrected chi connectivity index (χ2v) is 8.66. The summed E-state index contributed by atoms with van der Waals surface area (Å²) in [6.45, 7) is 1.58. The molecule has 30 heavy (non-hydrogen) atoms. The maximum atomic E-state index is 14.4. The monoisotopic (exact) mass is 505 g/mol. The molecule has 0 amide bonds. The molecule has 160 valence electrons. The second kappa shape index (κ2) is 7.39. The van der Waals surface area contributed by atoms with E-state index in [2.05, 4.69) is 26.0 Å². The summed E-state index contributed by atoms with van der Waals surface area (Å²) in [5, 5.41) is 14.3. The predicted molar refractivity (Wildman–Crippen MR) is 109 cm³/mol. The Morgan fingerprint density at radius 2 is 2.03 bits per heavy atom. The highest BCUT2D eigenvalue weighted by molar-refractivity contribution is 9.08. The summed E-state index contributed by atoms with van der Waals surface area (Å²) in [6.07, 6.45) is -1.70. The van der Waals surface area contributed by atoms with Crippen LogP contribution in [0.15, 0.2) is 30.6 Å². The van der Waals surface area contributed by atoms with Gasteiger partial charge in [-0.25, -0.2) is 4.39 Å². The highest BCUT2D eigenvalue weighted by Crippen LogP contribution is 2.47. The predicted octanol–water partition coefficient (Wildman–Crippen LogP) is 6.34. The van der Waals surface area contributed by atoms with Gasteiger partial charge in [-0.15, -0.1) is 0 Å². The third-order valence-corrected chi connectivity index (χ3v) is 6.26. The zero-order valence-corrected chi connectivity index (χ0v) is 18.0. The number of hydrogen-bond donors (Lipinski definition) is 2. The lowest BCUT2D eigenvalue weighted by Crippen LogP contribution is -2.43. The largest absolute Gasteiger partial charge is 0.433 e. The van der Waals surface area contributed by atoms with Crippen LogP contribution in [0, 0.1) is 5.82 Å². The first-order valence-electron chi connectivity index (χ1n) is 9.11. The molecular weight excluding hydrogens is 490 g/mol. The fourth-order valence-electron chi connectivity index (χ4n) is 4.04. The Bertz CT molecular complexity index is 1080. The van der Waals surface area contributed by atoms with Crippen molar-refractivity contribution in [2.75, 3.05) is 0 Å². The third-order valence-electron chi connectivity index (χ3n) is 5.38. The summed E-state index contributed by atoms with van der Waals surface area (Å²) in [7, 11) is 0. The van der Waals surface area contributed by atoms with Crippen LogP contribution in [0.4, 0.5) is 17.6 Å². The molecule has 2 aromatic heterocycles. The van der Waals surface area contributed by atoms with Crippen LogP contribution in [0.3, 0.4) is 0 Å². The molecule has 0 atom stereocenters. The van der Waals surface area contributed by atoms with Crippen LogP contribution in [0.1, 0.15) is 37.1 Å². The highest BCUT2D eigenvalue weighted by Gasteiger charge is 2.46. The molecule has 2 heterocycles. The van der Waals surface area contributed by atoms with Crippen LogP contribution in [-0.2, 0) is 11.5 Å². The molecule has 0 radical (unpaired) electrons. The number of halogens is 6. The van der Waals surface area contributed by atoms with Crippen molar-refractivity contribution in [3.63, 3.8) is 0 Å². The molecule has 1 fully saturated rings. The minimum absolute atomic E-state index is 0.118. The van der Waals surface area contributed by atoms with Gasteiger partial charge in [0.05, 0.1) is 28.6 Å². The first kappa shape index (κ1) is 21.4. The molecule has 0 bridgehead atoms. The molecule has 4 nitrogen and oxygen atoms in total. The topological polar surface area (TPSA) is 53.8 Å². The summed E-state index contributed by atoms with van der Waals surface area (Å²) < 4.78 is 57.4. The average molecular weight is 507 g/mol. The van der Waals surface area contributed by atoms with Crippen LogP contribution in [0.5, 0.6) is 0 Å². The molecule has 0 saturated heterocycles. The van der Waals surface area contributed by atoms with Crippen LogP contribution in [0.25, 0.3) is 22.4 Å². The van der Waals surface area contributed by atoms with Gasteiger partial charge in [0.15, 0.2) is 5.69 Å². The number of H-pyrrole nitrogens is 1. The van der Waals surface area contributed by atoms with Crippen LogP contribution in [-0.4, -0.2) is 25.5 Å². The highest BCUT2D eigenvalue weighted by atomic mass is 79.9. The summed E-state index contributed by atoms with van der Waals surface area (Å²) in [5.41, 5.74) is -0.925. The molecule has 3 aromatic rings. The lowest BCUT2D eigenvalue weighted by molar-refractivity contribution is -0.148. The molecule has 0 spiro atoms. The van der Waals surface area contributed by atoms with E-state index in [9.17, 15) is 22.7 Å². The summed E-state index contributed by atoms with van der Waals surface area (Å²) in [6, 6.07) is 3.68. The van der Waals surface area contributed by atoms with E-state index in [0.717, 1.165) is 10.9 Å². The van der Waals surface area contributed by atoms with Gasteiger partial charge < -0.3 is 10.1 Å². The van der Waals surface area contributed by atoms with Crippen LogP contribution < -0.4 is 0 Å². The van der Waals surface area contributed by atoms with E-state index in [1.807, 2.05) is 0 Å². The van der Waals surface area contributed by atoms with Gasteiger partial charge in [0.25, 0.3) is 0 Å². The Kier molecular flexibility index (Phi) is 5.27. The van der Waals surface area contributed by atoms with Gasteiger partial charge in [-0.2, -0.15) is 18.3 Å². The van der Waals surface area contributed by atoms with Crippen molar-refractivity contribution in [2.45, 2.75) is 42.9 Å². The fraction of sp³-hybridized carbons (Fsp3) is 0.350. The lowest BCUT2D eigenvalue weighted by Gasteiger charge is -2.41. The summed E-state index contributed by atoms with van der Waals surface area (Å²) >= 11 is 9.47. The molecule has 1 aliphatic carbocycles. The van der Waals surface area contributed by atoms with Gasteiger partial charge >= 0.3 is 6.18 Å². The van der Waals surface area contributed by atoms with E-state index in [1.165, 1.54) is 24.4 Å². The number of nitrogens with zero attached hydrogens (tertiary/aromatic N) is 2. The standard InChI is InChI=1S/C20H17BrClF4N3O/c1-19(30)5-10(6-19)29-18(20(24,25)26)13(9-28-29)17-11(7-21)12(8-27-17)16-14(22)3-2-4-15(16)23/h2-4,8-10,27,30H,5-7H2,1H3. The third kappa shape index (κ3) is 3.56. The van der Waals surface area contributed by atoms with Gasteiger partial charge in [0.2, 0.25) is 0 Å². The van der Waals surface area contributed by atoms with Crippen molar-refractivity contribution in [3.05, 3.63) is 52.7 Å². The molecule has 2 N–H and O–H groups in total. The summed E-state index contributed by atoms with van der Waals surface area (Å²) in [4.78, 5) is 2.85. The Morgan fingerprint density at radius 1 is 1.33 bits per heavy atom. The molecule has 10 heteroatoms. The maximum Gasteiger partial charge on any atom is 0.433 e. The van der Waals surface area contributed by atoms with E-state index in [-0.39, 0.29) is 40.0 Å². The lowest BCUT2D eigenvalue weighted by atomic mass is 9.77. The van der Waals surface area contributed by atoms with Crippen molar-refractivity contribution >= 4 is 27.5 Å². The van der Waals surface area contributed by atoms with Gasteiger partial charge in [0, 0.05) is 28.2 Å². The Labute approximate surface area is 183 Å². The first-order chi connectivity index (χ1) is 14.0. The van der Waals surface area contributed by atoms with E-state index in [4.69, 9.17) is 11.6 Å². The average Bonchev–Trinajstić information content (AvgIpc) is 3.22. The number of alkyl halides is 4. The number of rotatable bonds is 4. The quantitative estimate of drug-likeness (QED) is 0.321. The molecular formula is C20H17BrClF4N3O. The van der Waals surface area contributed by atoms with E-state index in [1.54, 1.807) is 6.92 Å². The fourth-order valence-corrected chi connectivity index (χ4v) is 4.89. The number of aromatic amines is 1. The van der Waals surface area contributed by atoms with Gasteiger partial charge in [-0.3, -0.25) is 4.68 Å². The van der Waals surface area contributed by atoms with Crippen molar-refractivity contribution < 1.29 is 22.7 Å². The maximum absolute atomic E-state index is 14.4. The molecule has 1 saturated carbocycles. The number of benzene rings is 1. The smallest absolute Gasteiger partial charge is 0.390 e. The van der Waals surface area contributed by atoms with Gasteiger partial charge in [0.1, 0.15) is 5.82 Å². The van der Waals surface area contributed by atoms with Crippen molar-refractivity contribution in [1.82, 2.24) is 14.8 Å². The minimum Gasteiger partial charge on any atom is -0.390 e. The van der Waals surface area contributed by atoms with Gasteiger partial charge in [-0.1, -0.05) is 33.6 Å². The SMILES string of the molecule is CC1(O)CC(n2ncc(-c3[nH]cc(-c4c(F)cccc4Cl)c3CBr)c2C(F)(F)F)C1. The Hall–Kier alpha value is -1.84. The summed E-state index contributed by atoms with van der Waals surface area (Å²) in [5.74, 6) is -0.571. The van der Waals surface area contributed by atoms with Crippen LogP contribution >= 0.6 is 27.5 Å². The van der Waals surface area contributed by atoms with Crippen molar-refractivity contribution in [2.24, 2.45) is 0 Å². The van der Waals surface area contributed by atoms with E-state index in [0.29, 0.717) is 11.1 Å². The first-order valence-corrected chi connectivity index (χ1v) is 10.6. The molecule has 1 aliphatic rings. The molecule has 0 aliphatic heterocycles. The second-order valence-electron chi connectivity index (χ2n) is 7.69. The van der Waals surface area contributed by atoms with Crippen molar-refractivity contribution in [3.8, 4) is 22.4 Å². The van der Waals surface area contributed by atoms with Crippen molar-refractivity contribution in [1.29, 1.82) is 0 Å². The minimum atomic E-state index is -4.67. The van der Waals surface area contributed by atoms with E-state index >= 15 is 0 Å². The number of aliphatic hydroxyl groups is 1. The molecule has 0 unspecified atom stereocenters. The Morgan fingerprint density at radius 3 is 2.60 bits per heavy atom. The molecule has 4 rings (SSSR count). The molecule has 1 aromatic carbocycles. The number of nitrogens with one attached hydrogen (secondary N) is 1.